The Morgan fingerprint density at radius 3 is 1.70 bits per heavy atom. The Balaban J connectivity index is 2.24. The summed E-state index contributed by atoms with van der Waals surface area (Å²) in [5, 5.41) is 1.67. The molecular weight excluding hydrogens is 303 g/mol. The molecule has 3 heteroatoms. The monoisotopic (exact) mass is 319 g/mol. The number of halogens is 2. The van der Waals surface area contributed by atoms with E-state index in [4.69, 9.17) is 23.2 Å². The molecule has 20 heavy (non-hydrogen) atoms. The highest BCUT2D eigenvalue weighted by molar-refractivity contribution is 6.61. The molecule has 1 aliphatic carbocycles. The second-order valence-corrected chi connectivity index (χ2v) is 9.44. The second kappa shape index (κ2) is 5.55. The zero-order valence-electron chi connectivity index (χ0n) is 11.7. The zero-order chi connectivity index (χ0) is 14.3. The molecule has 2 aromatic carbocycles. The van der Waals surface area contributed by atoms with Gasteiger partial charge in [0.2, 0.25) is 0 Å². The lowest BCUT2D eigenvalue weighted by molar-refractivity contribution is 1.09. The highest BCUT2D eigenvalue weighted by Crippen LogP contribution is 2.48. The number of hydrogen-bond donors (Lipinski definition) is 0. The van der Waals surface area contributed by atoms with Gasteiger partial charge in [-0.3, -0.25) is 0 Å². The Bertz CT molecular complexity index is 596. The van der Waals surface area contributed by atoms with E-state index in [0.717, 1.165) is 10.0 Å². The van der Waals surface area contributed by atoms with E-state index in [-0.39, 0.29) is 0 Å². The van der Waals surface area contributed by atoms with Gasteiger partial charge in [0, 0.05) is 15.6 Å². The third-order valence-corrected chi connectivity index (χ3v) is 7.98. The van der Waals surface area contributed by atoms with Crippen molar-refractivity contribution in [2.24, 2.45) is 0 Å². The van der Waals surface area contributed by atoms with Crippen LogP contribution >= 0.6 is 23.2 Å². The topological polar surface area (TPSA) is 0 Å². The molecule has 0 nitrogen and oxygen atoms in total. The van der Waals surface area contributed by atoms with Crippen LogP contribution in [0, 0.1) is 0 Å². The van der Waals surface area contributed by atoms with Crippen LogP contribution in [0.3, 0.4) is 0 Å². The molecular formula is C17H17Cl2Si. The third kappa shape index (κ3) is 2.22. The predicted octanol–water partition coefficient (Wildman–Crippen LogP) is 6.18. The van der Waals surface area contributed by atoms with Crippen LogP contribution in [-0.4, -0.2) is 8.80 Å². The number of benzene rings is 2. The first kappa shape index (κ1) is 14.2. The SMILES string of the molecule is CC[Si](CC)C1c2cc(Cl)ccc2-c2ccc(Cl)cc21. The molecule has 0 fully saturated rings. The maximum atomic E-state index is 6.24. The van der Waals surface area contributed by atoms with Gasteiger partial charge in [-0.05, 0) is 46.5 Å². The first-order chi connectivity index (χ1) is 9.65. The van der Waals surface area contributed by atoms with Crippen molar-refractivity contribution in [1.82, 2.24) is 0 Å². The van der Waals surface area contributed by atoms with Gasteiger partial charge in [0.1, 0.15) is 0 Å². The van der Waals surface area contributed by atoms with Crippen LogP contribution in [0.2, 0.25) is 22.1 Å². The van der Waals surface area contributed by atoms with E-state index in [9.17, 15) is 0 Å². The highest BCUT2D eigenvalue weighted by Gasteiger charge is 2.34. The Morgan fingerprint density at radius 2 is 1.30 bits per heavy atom. The summed E-state index contributed by atoms with van der Waals surface area (Å²) in [6.45, 7) is 4.62. The van der Waals surface area contributed by atoms with Gasteiger partial charge in [-0.25, -0.2) is 0 Å². The molecule has 103 valence electrons. The molecule has 0 spiro atoms. The molecule has 1 aliphatic rings. The summed E-state index contributed by atoms with van der Waals surface area (Å²) >= 11 is 12.5. The van der Waals surface area contributed by atoms with Crippen molar-refractivity contribution in [2.45, 2.75) is 31.5 Å². The van der Waals surface area contributed by atoms with Crippen molar-refractivity contribution in [3.05, 3.63) is 57.6 Å². The summed E-state index contributed by atoms with van der Waals surface area (Å²) < 4.78 is 0. The lowest BCUT2D eigenvalue weighted by atomic mass is 10.1. The van der Waals surface area contributed by atoms with E-state index in [0.29, 0.717) is 5.54 Å². The van der Waals surface area contributed by atoms with Crippen molar-refractivity contribution >= 4 is 32.0 Å². The van der Waals surface area contributed by atoms with Crippen molar-refractivity contribution in [3.8, 4) is 11.1 Å². The molecule has 0 bridgehead atoms. The van der Waals surface area contributed by atoms with Gasteiger partial charge in [0.25, 0.3) is 0 Å². The summed E-state index contributed by atoms with van der Waals surface area (Å²) in [5.41, 5.74) is 6.03. The van der Waals surface area contributed by atoms with Gasteiger partial charge in [0.05, 0.1) is 8.80 Å². The molecule has 0 heterocycles. The van der Waals surface area contributed by atoms with E-state index >= 15 is 0 Å². The van der Waals surface area contributed by atoms with Crippen molar-refractivity contribution in [1.29, 1.82) is 0 Å². The summed E-state index contributed by atoms with van der Waals surface area (Å²) in [7, 11) is -0.475. The molecule has 0 unspecified atom stereocenters. The largest absolute Gasteiger partial charge is 0.0843 e. The fourth-order valence-corrected chi connectivity index (χ4v) is 6.34. The van der Waals surface area contributed by atoms with Gasteiger partial charge < -0.3 is 0 Å². The van der Waals surface area contributed by atoms with Crippen LogP contribution in [-0.2, 0) is 0 Å². The van der Waals surface area contributed by atoms with Crippen LogP contribution < -0.4 is 0 Å². The van der Waals surface area contributed by atoms with Crippen molar-refractivity contribution in [3.63, 3.8) is 0 Å². The smallest absolute Gasteiger partial charge is 0.0616 e. The Morgan fingerprint density at radius 1 is 0.850 bits per heavy atom. The summed E-state index contributed by atoms with van der Waals surface area (Å²) in [4.78, 5) is 0. The maximum Gasteiger partial charge on any atom is 0.0616 e. The summed E-state index contributed by atoms with van der Waals surface area (Å²) in [5.74, 6) is 0. The second-order valence-electron chi connectivity index (χ2n) is 5.26. The van der Waals surface area contributed by atoms with E-state index in [1.807, 2.05) is 12.1 Å². The first-order valence-electron chi connectivity index (χ1n) is 7.09. The molecule has 0 N–H and O–H groups in total. The average molecular weight is 320 g/mol. The van der Waals surface area contributed by atoms with E-state index in [1.54, 1.807) is 0 Å². The van der Waals surface area contributed by atoms with Crippen molar-refractivity contribution in [2.75, 3.05) is 0 Å². The molecule has 0 aliphatic heterocycles. The van der Waals surface area contributed by atoms with Gasteiger partial charge in [-0.2, -0.15) is 0 Å². The van der Waals surface area contributed by atoms with Gasteiger partial charge in [-0.1, -0.05) is 61.3 Å². The fourth-order valence-electron chi connectivity index (χ4n) is 3.30. The van der Waals surface area contributed by atoms with Crippen LogP contribution in [0.4, 0.5) is 0 Å². The fraction of sp³-hybridized carbons (Fsp3) is 0.294. The van der Waals surface area contributed by atoms with Gasteiger partial charge in [-0.15, -0.1) is 0 Å². The minimum Gasteiger partial charge on any atom is -0.0843 e. The Kier molecular flexibility index (Phi) is 3.94. The summed E-state index contributed by atoms with van der Waals surface area (Å²) in [6.07, 6.45) is 0. The lowest BCUT2D eigenvalue weighted by Gasteiger charge is -2.21. The standard InChI is InChI=1S/C17H17Cl2Si/c1-3-20(4-2)17-15-9-11(18)5-7-13(15)14-8-6-12(19)10-16(14)17/h5-10,17H,3-4H2,1-2H3. The lowest BCUT2D eigenvalue weighted by Crippen LogP contribution is -2.21. The van der Waals surface area contributed by atoms with Crippen LogP contribution in [0.25, 0.3) is 11.1 Å². The molecule has 0 aromatic heterocycles. The molecule has 0 atom stereocenters. The number of fused-ring (bicyclic) bond motifs is 3. The molecule has 0 amide bonds. The molecule has 0 saturated heterocycles. The van der Waals surface area contributed by atoms with Crippen molar-refractivity contribution < 1.29 is 0 Å². The van der Waals surface area contributed by atoms with E-state index in [1.165, 1.54) is 34.3 Å². The number of hydrogen-bond acceptors (Lipinski definition) is 0. The van der Waals surface area contributed by atoms with E-state index in [2.05, 4.69) is 38.1 Å². The molecule has 0 saturated carbocycles. The molecule has 1 radical (unpaired) electrons. The van der Waals surface area contributed by atoms with Crippen LogP contribution in [0.15, 0.2) is 36.4 Å². The average Bonchev–Trinajstić information content (AvgIpc) is 2.74. The minimum absolute atomic E-state index is 0.475. The maximum absolute atomic E-state index is 6.24. The third-order valence-electron chi connectivity index (χ3n) is 4.26. The van der Waals surface area contributed by atoms with Crippen LogP contribution in [0.5, 0.6) is 0 Å². The van der Waals surface area contributed by atoms with Crippen LogP contribution in [0.1, 0.15) is 30.5 Å². The first-order valence-corrected chi connectivity index (χ1v) is 9.84. The van der Waals surface area contributed by atoms with Gasteiger partial charge >= 0.3 is 0 Å². The normalized spacial score (nSPS) is 13.7. The Labute approximate surface area is 132 Å². The summed E-state index contributed by atoms with van der Waals surface area (Å²) in [6, 6.07) is 15.2. The molecule has 3 rings (SSSR count). The quantitative estimate of drug-likeness (QED) is 0.592. The Hall–Kier alpha value is -0.763. The van der Waals surface area contributed by atoms with E-state index < -0.39 is 8.80 Å². The van der Waals surface area contributed by atoms with Gasteiger partial charge in [0.15, 0.2) is 0 Å². The number of rotatable bonds is 3. The zero-order valence-corrected chi connectivity index (χ0v) is 14.2. The predicted molar refractivity (Wildman–Crippen MR) is 90.5 cm³/mol. The minimum atomic E-state index is -0.475. The molecule has 2 aromatic rings. The highest BCUT2D eigenvalue weighted by atomic mass is 35.5.